The van der Waals surface area contributed by atoms with Gasteiger partial charge in [0.25, 0.3) is 0 Å². The van der Waals surface area contributed by atoms with Crippen molar-refractivity contribution in [1.82, 2.24) is 14.8 Å². The van der Waals surface area contributed by atoms with E-state index in [2.05, 4.69) is 10.2 Å². The van der Waals surface area contributed by atoms with Crippen LogP contribution in [0, 0.1) is 0 Å². The Hall–Kier alpha value is -1.46. The zero-order valence-corrected chi connectivity index (χ0v) is 10.7. The molecule has 0 radical (unpaired) electrons. The van der Waals surface area contributed by atoms with Crippen LogP contribution in [-0.4, -0.2) is 29.0 Å². The van der Waals surface area contributed by atoms with Gasteiger partial charge in [-0.2, -0.15) is 0 Å². The molecule has 0 atom stereocenters. The summed E-state index contributed by atoms with van der Waals surface area (Å²) in [6.07, 6.45) is 1.48. The van der Waals surface area contributed by atoms with Crippen LogP contribution >= 0.6 is 23.2 Å². The number of nitrogens with zero attached hydrogens (tertiary/aromatic N) is 3. The first-order valence-corrected chi connectivity index (χ1v) is 5.40. The third-order valence-electron chi connectivity index (χ3n) is 2.22. The second-order valence-electron chi connectivity index (χ2n) is 3.13. The Bertz CT molecular complexity index is 542. The Morgan fingerprint density at radius 2 is 1.82 bits per heavy atom. The molecule has 1 heterocycles. The molecule has 0 saturated heterocycles. The maximum Gasteiger partial charge on any atom is 0.229 e. The summed E-state index contributed by atoms with van der Waals surface area (Å²) in [6, 6.07) is 3.35. The molecule has 0 aliphatic heterocycles. The molecule has 2 rings (SSSR count). The second-order valence-corrected chi connectivity index (χ2v) is 3.87. The molecular formula is C10H9Cl2N3O2. The summed E-state index contributed by atoms with van der Waals surface area (Å²) in [5.74, 6) is 1.07. The average molecular weight is 274 g/mol. The minimum atomic E-state index is 0.229. The van der Waals surface area contributed by atoms with Gasteiger partial charge in [0.15, 0.2) is 0 Å². The SMILES string of the molecule is COc1cc(-n2cnnc2Cl)c(OC)cc1Cl. The third-order valence-corrected chi connectivity index (χ3v) is 2.77. The number of rotatable bonds is 3. The van der Waals surface area contributed by atoms with Gasteiger partial charge in [0.2, 0.25) is 5.28 Å². The predicted molar refractivity (Wildman–Crippen MR) is 64.5 cm³/mol. The van der Waals surface area contributed by atoms with E-state index in [0.717, 1.165) is 0 Å². The van der Waals surface area contributed by atoms with Crippen molar-refractivity contribution in [2.75, 3.05) is 14.2 Å². The fourth-order valence-corrected chi connectivity index (χ4v) is 1.82. The first kappa shape index (κ1) is 12.0. The van der Waals surface area contributed by atoms with Crippen molar-refractivity contribution in [2.24, 2.45) is 0 Å². The average Bonchev–Trinajstić information content (AvgIpc) is 2.75. The Kier molecular flexibility index (Phi) is 3.40. The molecule has 0 bridgehead atoms. The molecule has 0 fully saturated rings. The maximum atomic E-state index is 6.00. The minimum absolute atomic E-state index is 0.229. The Labute approximate surface area is 108 Å². The van der Waals surface area contributed by atoms with Crippen molar-refractivity contribution in [3.63, 3.8) is 0 Å². The number of ether oxygens (including phenoxy) is 2. The molecule has 7 heteroatoms. The smallest absolute Gasteiger partial charge is 0.229 e. The molecular weight excluding hydrogens is 265 g/mol. The van der Waals surface area contributed by atoms with Gasteiger partial charge >= 0.3 is 0 Å². The minimum Gasteiger partial charge on any atom is -0.495 e. The predicted octanol–water partition coefficient (Wildman–Crippen LogP) is 2.59. The van der Waals surface area contributed by atoms with Gasteiger partial charge in [-0.25, -0.2) is 0 Å². The molecule has 0 spiro atoms. The topological polar surface area (TPSA) is 49.2 Å². The van der Waals surface area contributed by atoms with Gasteiger partial charge in [-0.05, 0) is 11.6 Å². The van der Waals surface area contributed by atoms with Crippen LogP contribution in [0.1, 0.15) is 0 Å². The lowest BCUT2D eigenvalue weighted by Gasteiger charge is -2.12. The highest BCUT2D eigenvalue weighted by Crippen LogP contribution is 2.35. The van der Waals surface area contributed by atoms with Crippen LogP contribution in [0.3, 0.4) is 0 Å². The molecule has 0 amide bonds. The summed E-state index contributed by atoms with van der Waals surface area (Å²) >= 11 is 11.9. The van der Waals surface area contributed by atoms with Crippen LogP contribution in [0.4, 0.5) is 0 Å². The highest BCUT2D eigenvalue weighted by molar-refractivity contribution is 6.32. The van der Waals surface area contributed by atoms with Crippen LogP contribution in [0.5, 0.6) is 11.5 Å². The van der Waals surface area contributed by atoms with Crippen LogP contribution in [0.15, 0.2) is 18.5 Å². The molecule has 90 valence electrons. The zero-order valence-electron chi connectivity index (χ0n) is 9.15. The van der Waals surface area contributed by atoms with Gasteiger partial charge in [-0.15, -0.1) is 10.2 Å². The molecule has 5 nitrogen and oxygen atoms in total. The van der Waals surface area contributed by atoms with Crippen LogP contribution in [0.25, 0.3) is 5.69 Å². The molecule has 0 N–H and O–H groups in total. The summed E-state index contributed by atoms with van der Waals surface area (Å²) in [5.41, 5.74) is 0.656. The number of aromatic nitrogens is 3. The standard InChI is InChI=1S/C10H9Cl2N3O2/c1-16-8-4-7(9(17-2)3-6(8)11)15-5-13-14-10(15)12/h3-5H,1-2H3. The van der Waals surface area contributed by atoms with E-state index in [1.165, 1.54) is 13.4 Å². The van der Waals surface area contributed by atoms with Crippen LogP contribution in [0.2, 0.25) is 10.3 Å². The maximum absolute atomic E-state index is 6.00. The number of hydrogen-bond acceptors (Lipinski definition) is 4. The van der Waals surface area contributed by atoms with E-state index in [9.17, 15) is 0 Å². The molecule has 1 aromatic carbocycles. The summed E-state index contributed by atoms with van der Waals surface area (Å²) in [5, 5.41) is 8.08. The van der Waals surface area contributed by atoms with Gasteiger partial charge in [0.05, 0.1) is 24.9 Å². The summed E-state index contributed by atoms with van der Waals surface area (Å²) in [7, 11) is 3.07. The van der Waals surface area contributed by atoms with E-state index >= 15 is 0 Å². The lowest BCUT2D eigenvalue weighted by Crippen LogP contribution is -1.98. The van der Waals surface area contributed by atoms with Crippen molar-refractivity contribution in [1.29, 1.82) is 0 Å². The number of halogens is 2. The fraction of sp³-hybridized carbons (Fsp3) is 0.200. The largest absolute Gasteiger partial charge is 0.495 e. The zero-order chi connectivity index (χ0) is 12.4. The number of benzene rings is 1. The quantitative estimate of drug-likeness (QED) is 0.863. The summed E-state index contributed by atoms with van der Waals surface area (Å²) in [6.45, 7) is 0. The summed E-state index contributed by atoms with van der Waals surface area (Å²) < 4.78 is 11.9. The van der Waals surface area contributed by atoms with Crippen LogP contribution < -0.4 is 9.47 Å². The van der Waals surface area contributed by atoms with Gasteiger partial charge in [-0.3, -0.25) is 4.57 Å². The van der Waals surface area contributed by atoms with Crippen molar-refractivity contribution < 1.29 is 9.47 Å². The van der Waals surface area contributed by atoms with Gasteiger partial charge < -0.3 is 9.47 Å². The van der Waals surface area contributed by atoms with Crippen LogP contribution in [-0.2, 0) is 0 Å². The normalized spacial score (nSPS) is 10.4. The molecule has 0 saturated carbocycles. The van der Waals surface area contributed by atoms with E-state index in [1.807, 2.05) is 0 Å². The Morgan fingerprint density at radius 1 is 1.12 bits per heavy atom. The van der Waals surface area contributed by atoms with E-state index in [1.54, 1.807) is 23.8 Å². The first-order valence-electron chi connectivity index (χ1n) is 4.64. The lowest BCUT2D eigenvalue weighted by molar-refractivity contribution is 0.401. The Morgan fingerprint density at radius 3 is 2.35 bits per heavy atom. The molecule has 0 aliphatic carbocycles. The molecule has 2 aromatic rings. The third kappa shape index (κ3) is 2.16. The van der Waals surface area contributed by atoms with E-state index < -0.39 is 0 Å². The highest BCUT2D eigenvalue weighted by Gasteiger charge is 2.13. The summed E-state index contributed by atoms with van der Waals surface area (Å²) in [4.78, 5) is 0. The van der Waals surface area contributed by atoms with Gasteiger partial charge in [-0.1, -0.05) is 11.6 Å². The second kappa shape index (κ2) is 4.81. The van der Waals surface area contributed by atoms with Crippen molar-refractivity contribution in [3.8, 4) is 17.2 Å². The van der Waals surface area contributed by atoms with Gasteiger partial charge in [0.1, 0.15) is 17.8 Å². The van der Waals surface area contributed by atoms with Crippen molar-refractivity contribution >= 4 is 23.2 Å². The van der Waals surface area contributed by atoms with E-state index in [-0.39, 0.29) is 5.28 Å². The lowest BCUT2D eigenvalue weighted by atomic mass is 10.2. The monoisotopic (exact) mass is 273 g/mol. The molecule has 0 unspecified atom stereocenters. The van der Waals surface area contributed by atoms with Crippen molar-refractivity contribution in [3.05, 3.63) is 28.8 Å². The molecule has 1 aromatic heterocycles. The van der Waals surface area contributed by atoms with E-state index in [4.69, 9.17) is 32.7 Å². The number of hydrogen-bond donors (Lipinski definition) is 0. The van der Waals surface area contributed by atoms with E-state index in [0.29, 0.717) is 22.2 Å². The Balaban J connectivity index is 2.63. The highest BCUT2D eigenvalue weighted by atomic mass is 35.5. The van der Waals surface area contributed by atoms with Gasteiger partial charge in [0, 0.05) is 12.1 Å². The number of methoxy groups -OCH3 is 2. The van der Waals surface area contributed by atoms with Crippen molar-refractivity contribution in [2.45, 2.75) is 0 Å². The molecule has 0 aliphatic rings. The molecule has 17 heavy (non-hydrogen) atoms. The first-order chi connectivity index (χ1) is 8.17. The fourth-order valence-electron chi connectivity index (χ4n) is 1.42.